The summed E-state index contributed by atoms with van der Waals surface area (Å²) in [6, 6.07) is 0. The molecule has 0 amide bonds. The lowest BCUT2D eigenvalue weighted by Gasteiger charge is -2.22. The van der Waals surface area contributed by atoms with Gasteiger partial charge in [-0.25, -0.2) is 0 Å². The lowest BCUT2D eigenvalue weighted by molar-refractivity contribution is 0.00603. The normalized spacial score (nSPS) is 20.2. The SMILES string of the molecule is CC(C)OCC(O)CNCC1CCCCC1. The molecule has 0 aromatic carbocycles. The molecule has 2 N–H and O–H groups in total. The maximum atomic E-state index is 9.64. The van der Waals surface area contributed by atoms with E-state index in [-0.39, 0.29) is 12.2 Å². The van der Waals surface area contributed by atoms with Crippen LogP contribution in [0.2, 0.25) is 0 Å². The summed E-state index contributed by atoms with van der Waals surface area (Å²) in [6.45, 7) is 6.13. The first-order valence-electron chi connectivity index (χ1n) is 6.69. The Morgan fingerprint density at radius 1 is 1.25 bits per heavy atom. The Bertz CT molecular complexity index is 167. The number of aliphatic hydroxyl groups is 1. The highest BCUT2D eigenvalue weighted by Gasteiger charge is 2.13. The van der Waals surface area contributed by atoms with Crippen LogP contribution >= 0.6 is 0 Å². The summed E-state index contributed by atoms with van der Waals surface area (Å²) < 4.78 is 5.36. The highest BCUT2D eigenvalue weighted by molar-refractivity contribution is 4.69. The molecule has 1 atom stereocenters. The van der Waals surface area contributed by atoms with Gasteiger partial charge < -0.3 is 15.2 Å². The molecule has 0 aromatic rings. The molecule has 1 unspecified atom stereocenters. The Balaban J connectivity index is 1.96. The van der Waals surface area contributed by atoms with Crippen molar-refractivity contribution in [2.24, 2.45) is 5.92 Å². The molecule has 0 bridgehead atoms. The van der Waals surface area contributed by atoms with Crippen molar-refractivity contribution in [3.63, 3.8) is 0 Å². The zero-order valence-electron chi connectivity index (χ0n) is 10.7. The van der Waals surface area contributed by atoms with Gasteiger partial charge in [-0.3, -0.25) is 0 Å². The fourth-order valence-corrected chi connectivity index (χ4v) is 2.21. The summed E-state index contributed by atoms with van der Waals surface area (Å²) in [4.78, 5) is 0. The van der Waals surface area contributed by atoms with Crippen LogP contribution in [0.5, 0.6) is 0 Å². The Morgan fingerprint density at radius 3 is 2.56 bits per heavy atom. The third-order valence-corrected chi connectivity index (χ3v) is 3.16. The second kappa shape index (κ2) is 8.04. The van der Waals surface area contributed by atoms with Gasteiger partial charge >= 0.3 is 0 Å². The van der Waals surface area contributed by atoms with Gasteiger partial charge in [0, 0.05) is 6.54 Å². The molecule has 0 heterocycles. The predicted octanol–water partition coefficient (Wildman–Crippen LogP) is 1.94. The molecular formula is C13H27NO2. The summed E-state index contributed by atoms with van der Waals surface area (Å²) in [6.07, 6.45) is 6.70. The van der Waals surface area contributed by atoms with E-state index < -0.39 is 0 Å². The van der Waals surface area contributed by atoms with Crippen LogP contribution < -0.4 is 5.32 Å². The van der Waals surface area contributed by atoms with E-state index in [0.717, 1.165) is 12.5 Å². The molecule has 0 aromatic heterocycles. The molecular weight excluding hydrogens is 202 g/mol. The van der Waals surface area contributed by atoms with Gasteiger partial charge in [0.1, 0.15) is 0 Å². The number of hydrogen-bond acceptors (Lipinski definition) is 3. The lowest BCUT2D eigenvalue weighted by atomic mass is 9.89. The summed E-state index contributed by atoms with van der Waals surface area (Å²) in [5.74, 6) is 0.826. The molecule has 1 rings (SSSR count). The summed E-state index contributed by atoms with van der Waals surface area (Å²) in [5.41, 5.74) is 0. The smallest absolute Gasteiger partial charge is 0.0897 e. The van der Waals surface area contributed by atoms with Gasteiger partial charge in [0.25, 0.3) is 0 Å². The third kappa shape index (κ3) is 6.46. The fourth-order valence-electron chi connectivity index (χ4n) is 2.21. The summed E-state index contributed by atoms with van der Waals surface area (Å²) >= 11 is 0. The van der Waals surface area contributed by atoms with Gasteiger partial charge in [-0.15, -0.1) is 0 Å². The molecule has 0 aliphatic heterocycles. The Morgan fingerprint density at radius 2 is 1.94 bits per heavy atom. The minimum absolute atomic E-state index is 0.202. The van der Waals surface area contributed by atoms with Crippen LogP contribution in [0.25, 0.3) is 0 Å². The van der Waals surface area contributed by atoms with Crippen molar-refractivity contribution in [1.29, 1.82) is 0 Å². The van der Waals surface area contributed by atoms with E-state index in [1.807, 2.05) is 13.8 Å². The average Bonchev–Trinajstić information content (AvgIpc) is 2.28. The fraction of sp³-hybridized carbons (Fsp3) is 1.00. The monoisotopic (exact) mass is 229 g/mol. The van der Waals surface area contributed by atoms with Crippen molar-refractivity contribution in [2.45, 2.75) is 58.2 Å². The van der Waals surface area contributed by atoms with Crippen LogP contribution in [0.4, 0.5) is 0 Å². The van der Waals surface area contributed by atoms with Gasteiger partial charge in [0.15, 0.2) is 0 Å². The second-order valence-electron chi connectivity index (χ2n) is 5.20. The molecule has 0 spiro atoms. The van der Waals surface area contributed by atoms with Crippen molar-refractivity contribution >= 4 is 0 Å². The van der Waals surface area contributed by atoms with Crippen molar-refractivity contribution in [3.05, 3.63) is 0 Å². The second-order valence-corrected chi connectivity index (χ2v) is 5.20. The molecule has 0 saturated heterocycles. The number of hydrogen-bond donors (Lipinski definition) is 2. The molecule has 3 nitrogen and oxygen atoms in total. The molecule has 1 fully saturated rings. The van der Waals surface area contributed by atoms with E-state index in [0.29, 0.717) is 13.2 Å². The van der Waals surface area contributed by atoms with Gasteiger partial charge in [0.05, 0.1) is 18.8 Å². The third-order valence-electron chi connectivity index (χ3n) is 3.16. The Hall–Kier alpha value is -0.120. The van der Waals surface area contributed by atoms with E-state index in [4.69, 9.17) is 4.74 Å². The number of aliphatic hydroxyl groups excluding tert-OH is 1. The Kier molecular flexibility index (Phi) is 7.01. The van der Waals surface area contributed by atoms with E-state index in [1.165, 1.54) is 32.1 Å². The lowest BCUT2D eigenvalue weighted by Crippen LogP contribution is -2.34. The summed E-state index contributed by atoms with van der Waals surface area (Å²) in [5, 5.41) is 13.0. The van der Waals surface area contributed by atoms with E-state index in [1.54, 1.807) is 0 Å². The van der Waals surface area contributed by atoms with E-state index in [2.05, 4.69) is 5.32 Å². The zero-order chi connectivity index (χ0) is 11.8. The molecule has 3 heteroatoms. The largest absolute Gasteiger partial charge is 0.389 e. The van der Waals surface area contributed by atoms with Gasteiger partial charge in [0.2, 0.25) is 0 Å². The van der Waals surface area contributed by atoms with Gasteiger partial charge in [-0.1, -0.05) is 19.3 Å². The minimum Gasteiger partial charge on any atom is -0.389 e. The number of ether oxygens (including phenoxy) is 1. The van der Waals surface area contributed by atoms with Gasteiger partial charge in [-0.05, 0) is 39.2 Å². The number of rotatable bonds is 7. The van der Waals surface area contributed by atoms with Crippen LogP contribution in [0, 0.1) is 5.92 Å². The first kappa shape index (κ1) is 13.9. The van der Waals surface area contributed by atoms with E-state index in [9.17, 15) is 5.11 Å². The van der Waals surface area contributed by atoms with Crippen LogP contribution in [0.1, 0.15) is 46.0 Å². The molecule has 96 valence electrons. The maximum Gasteiger partial charge on any atom is 0.0897 e. The first-order valence-corrected chi connectivity index (χ1v) is 6.69. The van der Waals surface area contributed by atoms with Crippen LogP contribution in [0.15, 0.2) is 0 Å². The molecule has 1 saturated carbocycles. The topological polar surface area (TPSA) is 41.5 Å². The van der Waals surface area contributed by atoms with Crippen LogP contribution in [-0.4, -0.2) is 37.0 Å². The van der Waals surface area contributed by atoms with E-state index >= 15 is 0 Å². The zero-order valence-corrected chi connectivity index (χ0v) is 10.7. The maximum absolute atomic E-state index is 9.64. The first-order chi connectivity index (χ1) is 7.68. The molecule has 1 aliphatic rings. The number of nitrogens with one attached hydrogen (secondary N) is 1. The van der Waals surface area contributed by atoms with Crippen LogP contribution in [0.3, 0.4) is 0 Å². The van der Waals surface area contributed by atoms with Gasteiger partial charge in [-0.2, -0.15) is 0 Å². The minimum atomic E-state index is -0.369. The van der Waals surface area contributed by atoms with Crippen molar-refractivity contribution < 1.29 is 9.84 Å². The Labute approximate surface area is 99.6 Å². The van der Waals surface area contributed by atoms with Crippen molar-refractivity contribution in [2.75, 3.05) is 19.7 Å². The standard InChI is InChI=1S/C13H27NO2/c1-11(2)16-10-13(15)9-14-8-12-6-4-3-5-7-12/h11-15H,3-10H2,1-2H3. The highest BCUT2D eigenvalue weighted by Crippen LogP contribution is 2.22. The average molecular weight is 229 g/mol. The highest BCUT2D eigenvalue weighted by atomic mass is 16.5. The van der Waals surface area contributed by atoms with Crippen LogP contribution in [-0.2, 0) is 4.74 Å². The molecule has 1 aliphatic carbocycles. The van der Waals surface area contributed by atoms with Crippen molar-refractivity contribution in [3.8, 4) is 0 Å². The predicted molar refractivity (Wildman–Crippen MR) is 66.5 cm³/mol. The molecule has 0 radical (unpaired) electrons. The quantitative estimate of drug-likeness (QED) is 0.701. The summed E-state index contributed by atoms with van der Waals surface area (Å²) in [7, 11) is 0. The molecule has 16 heavy (non-hydrogen) atoms. The van der Waals surface area contributed by atoms with Crippen molar-refractivity contribution in [1.82, 2.24) is 5.32 Å².